The largest absolute Gasteiger partial charge is 0.481 e. The van der Waals surface area contributed by atoms with Crippen molar-refractivity contribution in [2.24, 2.45) is 5.41 Å². The highest BCUT2D eigenvalue weighted by Crippen LogP contribution is 2.21. The fourth-order valence-electron chi connectivity index (χ4n) is 1.60. The average Bonchev–Trinajstić information content (AvgIpc) is 2.26. The van der Waals surface area contributed by atoms with Crippen LogP contribution in [0.3, 0.4) is 0 Å². The standard InChI is InChI=1S/C14H20ClNO2/c1-14(2,13(17)18)7-8-16(3)10-11-5-4-6-12(15)9-11/h4-6,9H,7-8,10H2,1-3H3,(H,17,18). The zero-order valence-electron chi connectivity index (χ0n) is 11.1. The predicted molar refractivity (Wildman–Crippen MR) is 73.8 cm³/mol. The van der Waals surface area contributed by atoms with Crippen molar-refractivity contribution in [1.82, 2.24) is 4.90 Å². The van der Waals surface area contributed by atoms with Crippen LogP contribution >= 0.6 is 11.6 Å². The lowest BCUT2D eigenvalue weighted by molar-refractivity contribution is -0.147. The maximum absolute atomic E-state index is 11.0. The van der Waals surface area contributed by atoms with E-state index < -0.39 is 11.4 Å². The maximum Gasteiger partial charge on any atom is 0.309 e. The Bertz CT molecular complexity index is 418. The third kappa shape index (κ3) is 4.67. The second-order valence-corrected chi connectivity index (χ2v) is 5.74. The number of carboxylic acids is 1. The third-order valence-electron chi connectivity index (χ3n) is 3.04. The molecule has 0 aromatic heterocycles. The summed E-state index contributed by atoms with van der Waals surface area (Å²) < 4.78 is 0. The maximum atomic E-state index is 11.0. The van der Waals surface area contributed by atoms with Crippen molar-refractivity contribution in [3.63, 3.8) is 0 Å². The van der Waals surface area contributed by atoms with Gasteiger partial charge in [0.05, 0.1) is 5.41 Å². The van der Waals surface area contributed by atoms with Crippen LogP contribution < -0.4 is 0 Å². The number of carbonyl (C=O) groups is 1. The van der Waals surface area contributed by atoms with E-state index in [4.69, 9.17) is 16.7 Å². The Morgan fingerprint density at radius 3 is 2.67 bits per heavy atom. The molecule has 0 aliphatic rings. The molecule has 0 fully saturated rings. The second-order valence-electron chi connectivity index (χ2n) is 5.31. The summed E-state index contributed by atoms with van der Waals surface area (Å²) in [6.45, 7) is 5.02. The third-order valence-corrected chi connectivity index (χ3v) is 3.27. The molecule has 0 aliphatic carbocycles. The Balaban J connectivity index is 2.47. The number of halogens is 1. The molecule has 0 radical (unpaired) electrons. The molecule has 0 saturated heterocycles. The zero-order chi connectivity index (χ0) is 13.8. The minimum atomic E-state index is -0.751. The summed E-state index contributed by atoms with van der Waals surface area (Å²) >= 11 is 5.92. The van der Waals surface area contributed by atoms with Gasteiger partial charge in [-0.15, -0.1) is 0 Å². The van der Waals surface area contributed by atoms with Gasteiger partial charge in [0.2, 0.25) is 0 Å². The van der Waals surface area contributed by atoms with Crippen molar-refractivity contribution in [2.45, 2.75) is 26.8 Å². The first-order valence-corrected chi connectivity index (χ1v) is 6.35. The summed E-state index contributed by atoms with van der Waals surface area (Å²) in [6.07, 6.45) is 0.624. The van der Waals surface area contributed by atoms with Crippen molar-refractivity contribution in [1.29, 1.82) is 0 Å². The molecule has 0 heterocycles. The van der Waals surface area contributed by atoms with Gasteiger partial charge in [-0.3, -0.25) is 4.79 Å². The minimum Gasteiger partial charge on any atom is -0.481 e. The van der Waals surface area contributed by atoms with E-state index in [0.717, 1.165) is 23.7 Å². The molecule has 0 bridgehead atoms. The number of carboxylic acid groups (broad SMARTS) is 1. The molecule has 0 saturated carbocycles. The first kappa shape index (κ1) is 15.0. The molecule has 1 aromatic rings. The van der Waals surface area contributed by atoms with E-state index in [1.165, 1.54) is 0 Å². The Morgan fingerprint density at radius 2 is 2.11 bits per heavy atom. The van der Waals surface area contributed by atoms with Crippen LogP contribution in [0.4, 0.5) is 0 Å². The van der Waals surface area contributed by atoms with Gasteiger partial charge in [-0.1, -0.05) is 23.7 Å². The van der Waals surface area contributed by atoms with Crippen molar-refractivity contribution < 1.29 is 9.90 Å². The van der Waals surface area contributed by atoms with E-state index >= 15 is 0 Å². The molecule has 0 aliphatic heterocycles. The summed E-state index contributed by atoms with van der Waals surface area (Å²) in [7, 11) is 1.98. The van der Waals surface area contributed by atoms with Gasteiger partial charge in [-0.2, -0.15) is 0 Å². The van der Waals surface area contributed by atoms with E-state index in [2.05, 4.69) is 4.90 Å². The lowest BCUT2D eigenvalue weighted by atomic mass is 9.89. The summed E-state index contributed by atoms with van der Waals surface area (Å²) in [5, 5.41) is 9.77. The summed E-state index contributed by atoms with van der Waals surface area (Å²) in [6, 6.07) is 7.72. The van der Waals surface area contributed by atoms with Gasteiger partial charge in [0.15, 0.2) is 0 Å². The average molecular weight is 270 g/mol. The van der Waals surface area contributed by atoms with Crippen LogP contribution in [0.25, 0.3) is 0 Å². The van der Waals surface area contributed by atoms with E-state index in [1.807, 2.05) is 31.3 Å². The lowest BCUT2D eigenvalue weighted by Gasteiger charge is -2.23. The molecule has 3 nitrogen and oxygen atoms in total. The normalized spacial score (nSPS) is 11.8. The van der Waals surface area contributed by atoms with Crippen LogP contribution in [0.2, 0.25) is 5.02 Å². The van der Waals surface area contributed by atoms with Gasteiger partial charge in [-0.05, 0) is 51.6 Å². The molecule has 1 N–H and O–H groups in total. The topological polar surface area (TPSA) is 40.5 Å². The van der Waals surface area contributed by atoms with Crippen molar-refractivity contribution in [2.75, 3.05) is 13.6 Å². The molecule has 0 spiro atoms. The Morgan fingerprint density at radius 1 is 1.44 bits per heavy atom. The molecule has 4 heteroatoms. The molecular formula is C14H20ClNO2. The number of nitrogens with zero attached hydrogens (tertiary/aromatic N) is 1. The first-order chi connectivity index (χ1) is 8.31. The minimum absolute atomic E-state index is 0.624. The SMILES string of the molecule is CN(CCC(C)(C)C(=O)O)Cc1cccc(Cl)c1. The van der Waals surface area contributed by atoms with Crippen LogP contribution in [0.1, 0.15) is 25.8 Å². The van der Waals surface area contributed by atoms with Crippen LogP contribution in [0, 0.1) is 5.41 Å². The van der Waals surface area contributed by atoms with E-state index in [-0.39, 0.29) is 0 Å². The van der Waals surface area contributed by atoms with Crippen molar-refractivity contribution >= 4 is 17.6 Å². The highest BCUT2D eigenvalue weighted by atomic mass is 35.5. The van der Waals surface area contributed by atoms with Gasteiger partial charge < -0.3 is 10.0 Å². The lowest BCUT2D eigenvalue weighted by Crippen LogP contribution is -2.29. The van der Waals surface area contributed by atoms with Gasteiger partial charge in [0.25, 0.3) is 0 Å². The quantitative estimate of drug-likeness (QED) is 0.862. The molecular weight excluding hydrogens is 250 g/mol. The zero-order valence-corrected chi connectivity index (χ0v) is 11.9. The number of hydrogen-bond donors (Lipinski definition) is 1. The van der Waals surface area contributed by atoms with Crippen LogP contribution in [-0.2, 0) is 11.3 Å². The van der Waals surface area contributed by atoms with E-state index in [1.54, 1.807) is 13.8 Å². The monoisotopic (exact) mass is 269 g/mol. The van der Waals surface area contributed by atoms with Gasteiger partial charge in [0.1, 0.15) is 0 Å². The summed E-state index contributed by atoms with van der Waals surface area (Å²) in [5.74, 6) is -0.751. The number of rotatable bonds is 6. The van der Waals surface area contributed by atoms with Gasteiger partial charge in [-0.25, -0.2) is 0 Å². The highest BCUT2D eigenvalue weighted by Gasteiger charge is 2.26. The van der Waals surface area contributed by atoms with Gasteiger partial charge >= 0.3 is 5.97 Å². The van der Waals surface area contributed by atoms with Crippen LogP contribution in [0.5, 0.6) is 0 Å². The Labute approximate surface area is 113 Å². The number of aliphatic carboxylic acids is 1. The fraction of sp³-hybridized carbons (Fsp3) is 0.500. The molecule has 0 unspecified atom stereocenters. The molecule has 18 heavy (non-hydrogen) atoms. The number of benzene rings is 1. The molecule has 0 atom stereocenters. The van der Waals surface area contributed by atoms with Crippen molar-refractivity contribution in [3.05, 3.63) is 34.9 Å². The Kier molecular flexibility index (Phi) is 5.17. The molecule has 1 rings (SSSR count). The van der Waals surface area contributed by atoms with E-state index in [9.17, 15) is 4.79 Å². The predicted octanol–water partition coefficient (Wildman–Crippen LogP) is 3.27. The molecule has 100 valence electrons. The second kappa shape index (κ2) is 6.21. The van der Waals surface area contributed by atoms with Gasteiger partial charge in [0, 0.05) is 11.6 Å². The fourth-order valence-corrected chi connectivity index (χ4v) is 1.82. The van der Waals surface area contributed by atoms with Crippen LogP contribution in [0.15, 0.2) is 24.3 Å². The summed E-state index contributed by atoms with van der Waals surface area (Å²) in [5.41, 5.74) is 0.459. The molecule has 1 aromatic carbocycles. The summed E-state index contributed by atoms with van der Waals surface area (Å²) in [4.78, 5) is 13.1. The van der Waals surface area contributed by atoms with Crippen LogP contribution in [-0.4, -0.2) is 29.6 Å². The highest BCUT2D eigenvalue weighted by molar-refractivity contribution is 6.30. The molecule has 0 amide bonds. The smallest absolute Gasteiger partial charge is 0.309 e. The first-order valence-electron chi connectivity index (χ1n) is 5.97. The Hall–Kier alpha value is -1.06. The van der Waals surface area contributed by atoms with E-state index in [0.29, 0.717) is 6.42 Å². The van der Waals surface area contributed by atoms with Crippen molar-refractivity contribution in [3.8, 4) is 0 Å². The number of hydrogen-bond acceptors (Lipinski definition) is 2.